The van der Waals surface area contributed by atoms with Crippen LogP contribution in [0.1, 0.15) is 0 Å². The Morgan fingerprint density at radius 2 is 1.66 bits per heavy atom. The van der Waals surface area contributed by atoms with E-state index in [0.29, 0.717) is 0 Å². The number of rotatable bonds is 5. The van der Waals surface area contributed by atoms with Crippen molar-refractivity contribution in [2.45, 2.75) is 30.7 Å². The van der Waals surface area contributed by atoms with E-state index < -0.39 is 71.5 Å². The van der Waals surface area contributed by atoms with E-state index in [1.807, 2.05) is 0 Å². The van der Waals surface area contributed by atoms with Crippen LogP contribution < -0.4 is 14.9 Å². The van der Waals surface area contributed by atoms with Gasteiger partial charge in [-0.1, -0.05) is 0 Å². The molecule has 2 heterocycles. The summed E-state index contributed by atoms with van der Waals surface area (Å²) < 4.78 is 21.5. The SMILES string of the molecule is COc1c(-c2cc(O)c(O)c(OC3OC(CO)C(O)C(O)C3O)c2)oc2cc(O)cc(O)c2c1=O. The maximum atomic E-state index is 12.9. The third-order valence-electron chi connectivity index (χ3n) is 5.53. The number of aromatic hydroxyl groups is 4. The van der Waals surface area contributed by atoms with Crippen molar-refractivity contribution in [1.29, 1.82) is 0 Å². The number of benzene rings is 2. The van der Waals surface area contributed by atoms with E-state index in [1.54, 1.807) is 0 Å². The first-order chi connectivity index (χ1) is 16.6. The van der Waals surface area contributed by atoms with Crippen molar-refractivity contribution in [2.24, 2.45) is 0 Å². The minimum Gasteiger partial charge on any atom is -0.508 e. The van der Waals surface area contributed by atoms with E-state index in [-0.39, 0.29) is 28.0 Å². The molecule has 0 bridgehead atoms. The summed E-state index contributed by atoms with van der Waals surface area (Å²) in [6.45, 7) is -0.721. The molecule has 5 atom stereocenters. The van der Waals surface area contributed by atoms with Gasteiger partial charge in [-0.15, -0.1) is 0 Å². The fourth-order valence-electron chi connectivity index (χ4n) is 3.75. The van der Waals surface area contributed by atoms with Gasteiger partial charge in [-0.2, -0.15) is 0 Å². The highest BCUT2D eigenvalue weighted by molar-refractivity contribution is 5.88. The molecule has 0 spiro atoms. The monoisotopic (exact) mass is 494 g/mol. The van der Waals surface area contributed by atoms with Crippen molar-refractivity contribution < 1.29 is 59.5 Å². The highest BCUT2D eigenvalue weighted by Gasteiger charge is 2.45. The summed E-state index contributed by atoms with van der Waals surface area (Å²) in [6.07, 6.45) is -8.20. The van der Waals surface area contributed by atoms with Crippen LogP contribution in [-0.4, -0.2) is 85.3 Å². The minimum atomic E-state index is -1.81. The van der Waals surface area contributed by atoms with Crippen LogP contribution in [-0.2, 0) is 4.74 Å². The zero-order valence-corrected chi connectivity index (χ0v) is 18.0. The first-order valence-electron chi connectivity index (χ1n) is 10.2. The summed E-state index contributed by atoms with van der Waals surface area (Å²) >= 11 is 0. The van der Waals surface area contributed by atoms with Gasteiger partial charge in [0.25, 0.3) is 0 Å². The maximum Gasteiger partial charge on any atom is 0.239 e. The molecule has 5 unspecified atom stereocenters. The van der Waals surface area contributed by atoms with Crippen molar-refractivity contribution >= 4 is 11.0 Å². The van der Waals surface area contributed by atoms with Gasteiger partial charge < -0.3 is 59.5 Å². The first kappa shape index (κ1) is 24.4. The van der Waals surface area contributed by atoms with Crippen molar-refractivity contribution in [2.75, 3.05) is 13.7 Å². The average Bonchev–Trinajstić information content (AvgIpc) is 2.81. The second-order valence-electron chi connectivity index (χ2n) is 7.79. The topological polar surface area (TPSA) is 220 Å². The molecule has 1 fully saturated rings. The van der Waals surface area contributed by atoms with E-state index >= 15 is 0 Å². The molecule has 2 aromatic carbocycles. The molecule has 3 aromatic rings. The number of hydrogen-bond donors (Lipinski definition) is 8. The lowest BCUT2D eigenvalue weighted by Crippen LogP contribution is -2.60. The molecule has 188 valence electrons. The number of ether oxygens (including phenoxy) is 3. The Bertz CT molecular complexity index is 1320. The van der Waals surface area contributed by atoms with Gasteiger partial charge in [0.1, 0.15) is 46.9 Å². The Balaban J connectivity index is 1.82. The summed E-state index contributed by atoms with van der Waals surface area (Å²) in [6, 6.07) is 4.11. The number of methoxy groups -OCH3 is 1. The van der Waals surface area contributed by atoms with Crippen molar-refractivity contribution in [1.82, 2.24) is 0 Å². The molecule has 1 aromatic heterocycles. The molecule has 1 aliphatic heterocycles. The van der Waals surface area contributed by atoms with Crippen molar-refractivity contribution in [3.8, 4) is 45.8 Å². The Morgan fingerprint density at radius 3 is 2.31 bits per heavy atom. The van der Waals surface area contributed by atoms with Crippen molar-refractivity contribution in [3.63, 3.8) is 0 Å². The van der Waals surface area contributed by atoms with Gasteiger partial charge in [-0.05, 0) is 12.1 Å². The molecular weight excluding hydrogens is 472 g/mol. The lowest BCUT2D eigenvalue weighted by Gasteiger charge is -2.39. The number of phenols is 4. The molecule has 8 N–H and O–H groups in total. The van der Waals surface area contributed by atoms with Gasteiger partial charge in [0.2, 0.25) is 23.2 Å². The molecular formula is C22H22O13. The number of phenolic OH excluding ortho intramolecular Hbond substituents is 4. The van der Waals surface area contributed by atoms with Gasteiger partial charge in [-0.25, -0.2) is 0 Å². The van der Waals surface area contributed by atoms with Crippen LogP contribution in [0.25, 0.3) is 22.3 Å². The predicted octanol–water partition coefficient (Wildman–Crippen LogP) is -0.530. The minimum absolute atomic E-state index is 0.0708. The number of aliphatic hydroxyl groups is 4. The summed E-state index contributed by atoms with van der Waals surface area (Å²) in [4.78, 5) is 12.9. The number of fused-ring (bicyclic) bond motifs is 1. The Hall–Kier alpha value is -3.75. The van der Waals surface area contributed by atoms with Gasteiger partial charge in [0, 0.05) is 17.7 Å². The normalized spacial score (nSPS) is 24.4. The van der Waals surface area contributed by atoms with Crippen molar-refractivity contribution in [3.05, 3.63) is 34.5 Å². The maximum absolute atomic E-state index is 12.9. The summed E-state index contributed by atoms with van der Waals surface area (Å²) in [5.41, 5.74) is -1.09. The van der Waals surface area contributed by atoms with Gasteiger partial charge in [0.15, 0.2) is 17.3 Å². The smallest absolute Gasteiger partial charge is 0.239 e. The highest BCUT2D eigenvalue weighted by atomic mass is 16.7. The Kier molecular flexibility index (Phi) is 6.36. The quantitative estimate of drug-likeness (QED) is 0.209. The largest absolute Gasteiger partial charge is 0.508 e. The zero-order chi connectivity index (χ0) is 25.6. The van der Waals surface area contributed by atoms with Gasteiger partial charge in [-0.3, -0.25) is 4.79 Å². The molecule has 13 heteroatoms. The molecule has 0 amide bonds. The van der Waals surface area contributed by atoms with E-state index in [0.717, 1.165) is 31.4 Å². The number of aliphatic hydroxyl groups excluding tert-OH is 4. The third kappa shape index (κ3) is 4.15. The van der Waals surface area contributed by atoms with E-state index in [9.17, 15) is 45.6 Å². The molecule has 0 radical (unpaired) electrons. The Morgan fingerprint density at radius 1 is 0.943 bits per heavy atom. The van der Waals surface area contributed by atoms with E-state index in [1.165, 1.54) is 0 Å². The fraction of sp³-hybridized carbons (Fsp3) is 0.318. The van der Waals surface area contributed by atoms with E-state index in [4.69, 9.17) is 18.6 Å². The van der Waals surface area contributed by atoms with Gasteiger partial charge in [0.05, 0.1) is 13.7 Å². The molecule has 1 aliphatic rings. The molecule has 4 rings (SSSR count). The molecule has 0 aliphatic carbocycles. The molecule has 1 saturated heterocycles. The zero-order valence-electron chi connectivity index (χ0n) is 18.0. The third-order valence-corrected chi connectivity index (χ3v) is 5.53. The average molecular weight is 494 g/mol. The van der Waals surface area contributed by atoms with E-state index in [2.05, 4.69) is 0 Å². The molecule has 0 saturated carbocycles. The standard InChI is InChI=1S/C22H22O13/c1-32-21-17(29)14-9(25)4-8(24)5-11(14)33-20(21)7-2-10(26)15(27)12(3-7)34-22-19(31)18(30)16(28)13(6-23)35-22/h2-5,13,16,18-19,22-28,30-31H,6H2,1H3. The fourth-order valence-corrected chi connectivity index (χ4v) is 3.75. The molecule has 35 heavy (non-hydrogen) atoms. The van der Waals surface area contributed by atoms with Crippen LogP contribution in [0.5, 0.6) is 34.5 Å². The summed E-state index contributed by atoms with van der Waals surface area (Å²) in [5.74, 6) is -3.65. The first-order valence-corrected chi connectivity index (χ1v) is 10.2. The van der Waals surface area contributed by atoms with Crippen LogP contribution in [0.2, 0.25) is 0 Å². The summed E-state index contributed by atoms with van der Waals surface area (Å²) in [7, 11) is 1.16. The van der Waals surface area contributed by atoms with Crippen LogP contribution >= 0.6 is 0 Å². The lowest BCUT2D eigenvalue weighted by atomic mass is 9.99. The highest BCUT2D eigenvalue weighted by Crippen LogP contribution is 2.44. The second-order valence-corrected chi connectivity index (χ2v) is 7.79. The van der Waals surface area contributed by atoms with Gasteiger partial charge >= 0.3 is 0 Å². The van der Waals surface area contributed by atoms with Crippen LogP contribution in [0.3, 0.4) is 0 Å². The lowest BCUT2D eigenvalue weighted by molar-refractivity contribution is -0.277. The molecule has 13 nitrogen and oxygen atoms in total. The predicted molar refractivity (Wildman–Crippen MR) is 116 cm³/mol. The summed E-state index contributed by atoms with van der Waals surface area (Å²) in [5, 5.41) is 79.5. The van der Waals surface area contributed by atoms with Crippen LogP contribution in [0.15, 0.2) is 33.5 Å². The number of hydrogen-bond acceptors (Lipinski definition) is 13. The van der Waals surface area contributed by atoms with Crippen LogP contribution in [0.4, 0.5) is 0 Å². The Labute approximate surface area is 195 Å². The second kappa shape index (κ2) is 9.13. The van der Waals surface area contributed by atoms with Crippen LogP contribution in [0, 0.1) is 0 Å².